The second-order valence-corrected chi connectivity index (χ2v) is 7.41. The van der Waals surface area contributed by atoms with Crippen molar-refractivity contribution in [1.29, 1.82) is 0 Å². The average molecular weight is 371 g/mol. The third kappa shape index (κ3) is 3.65. The van der Waals surface area contributed by atoms with Crippen molar-refractivity contribution in [3.8, 4) is 5.13 Å². The molecule has 3 aromatic rings. The molecule has 136 valence electrons. The lowest BCUT2D eigenvalue weighted by atomic mass is 9.97. The summed E-state index contributed by atoms with van der Waals surface area (Å²) in [4.78, 5) is 14.7. The van der Waals surface area contributed by atoms with Crippen LogP contribution in [0.5, 0.6) is 0 Å². The van der Waals surface area contributed by atoms with Gasteiger partial charge in [-0.2, -0.15) is 0 Å². The molecule has 1 atom stereocenters. The summed E-state index contributed by atoms with van der Waals surface area (Å²) in [6.45, 7) is 3.90. The van der Waals surface area contributed by atoms with Gasteiger partial charge >= 0.3 is 0 Å². The van der Waals surface area contributed by atoms with E-state index in [9.17, 15) is 4.79 Å². The monoisotopic (exact) mass is 371 g/mol. The molecule has 1 aliphatic heterocycles. The van der Waals surface area contributed by atoms with Crippen LogP contribution in [0, 0.1) is 12.8 Å². The molecule has 4 rings (SSSR count). The summed E-state index contributed by atoms with van der Waals surface area (Å²) in [5.41, 5.74) is 0. The van der Waals surface area contributed by atoms with E-state index in [2.05, 4.69) is 20.4 Å². The lowest BCUT2D eigenvalue weighted by Crippen LogP contribution is -2.42. The van der Waals surface area contributed by atoms with Crippen molar-refractivity contribution in [2.45, 2.75) is 26.3 Å². The molecule has 1 unspecified atom stereocenters. The van der Waals surface area contributed by atoms with Crippen LogP contribution in [0.2, 0.25) is 0 Å². The third-order valence-corrected chi connectivity index (χ3v) is 5.52. The molecule has 1 aliphatic rings. The quantitative estimate of drug-likeness (QED) is 0.746. The molecule has 26 heavy (non-hydrogen) atoms. The van der Waals surface area contributed by atoms with Gasteiger partial charge in [0.2, 0.25) is 16.2 Å². The minimum Gasteiger partial charge on any atom is -0.465 e. The summed E-state index contributed by atoms with van der Waals surface area (Å²) < 4.78 is 7.45. The van der Waals surface area contributed by atoms with Crippen molar-refractivity contribution < 1.29 is 9.21 Å². The van der Waals surface area contributed by atoms with Gasteiger partial charge in [0.15, 0.2) is 0 Å². The maximum absolute atomic E-state index is 12.5. The second-order valence-electron chi connectivity index (χ2n) is 6.47. The molecular weight excluding hydrogens is 350 g/mol. The fourth-order valence-corrected chi connectivity index (χ4v) is 4.01. The molecular formula is C18H21N5O2S. The maximum Gasteiger partial charge on any atom is 0.225 e. The molecule has 1 fully saturated rings. The number of rotatable bonds is 5. The summed E-state index contributed by atoms with van der Waals surface area (Å²) in [6, 6.07) is 7.72. The van der Waals surface area contributed by atoms with E-state index in [-0.39, 0.29) is 11.8 Å². The normalized spacial score (nSPS) is 17.4. The first-order valence-corrected chi connectivity index (χ1v) is 9.55. The Balaban J connectivity index is 1.37. The molecule has 0 spiro atoms. The Morgan fingerprint density at radius 1 is 1.31 bits per heavy atom. The van der Waals surface area contributed by atoms with Gasteiger partial charge in [-0.05, 0) is 44.0 Å². The van der Waals surface area contributed by atoms with Crippen molar-refractivity contribution in [2.24, 2.45) is 5.92 Å². The van der Waals surface area contributed by atoms with Crippen LogP contribution in [0.15, 0.2) is 41.1 Å². The van der Waals surface area contributed by atoms with Crippen LogP contribution in [0.4, 0.5) is 5.13 Å². The molecule has 0 radical (unpaired) electrons. The smallest absolute Gasteiger partial charge is 0.225 e. The molecule has 4 heterocycles. The highest BCUT2D eigenvalue weighted by molar-refractivity contribution is 7.17. The number of nitrogens with zero attached hydrogens (tertiary/aromatic N) is 4. The van der Waals surface area contributed by atoms with Crippen LogP contribution in [0.1, 0.15) is 24.4 Å². The van der Waals surface area contributed by atoms with E-state index in [0.29, 0.717) is 13.1 Å². The third-order valence-electron chi connectivity index (χ3n) is 4.52. The Kier molecular flexibility index (Phi) is 4.75. The lowest BCUT2D eigenvalue weighted by Gasteiger charge is -2.31. The molecule has 1 N–H and O–H groups in total. The standard InChI is InChI=1S/C18H21N5O2S/c1-13-6-7-15(25-13)11-19-16(24)14-5-4-10-23(12-14)18-21-20-17(26-18)22-8-2-3-9-22/h2-3,6-9,14H,4-5,10-12H2,1H3,(H,19,24). The predicted octanol–water partition coefficient (Wildman–Crippen LogP) is 2.76. The lowest BCUT2D eigenvalue weighted by molar-refractivity contribution is -0.125. The highest BCUT2D eigenvalue weighted by Gasteiger charge is 2.27. The van der Waals surface area contributed by atoms with Crippen LogP contribution >= 0.6 is 11.3 Å². The first-order chi connectivity index (χ1) is 12.7. The number of nitrogens with one attached hydrogen (secondary N) is 1. The molecule has 0 aromatic carbocycles. The van der Waals surface area contributed by atoms with E-state index >= 15 is 0 Å². The number of furan rings is 1. The number of aromatic nitrogens is 3. The van der Waals surface area contributed by atoms with Crippen molar-refractivity contribution in [3.05, 3.63) is 48.2 Å². The van der Waals surface area contributed by atoms with Gasteiger partial charge < -0.3 is 14.6 Å². The average Bonchev–Trinajstić information content (AvgIpc) is 3.40. The topological polar surface area (TPSA) is 76.2 Å². The van der Waals surface area contributed by atoms with Gasteiger partial charge in [0.25, 0.3) is 0 Å². The zero-order valence-corrected chi connectivity index (χ0v) is 15.4. The fraction of sp³-hybridized carbons (Fsp3) is 0.389. The van der Waals surface area contributed by atoms with E-state index < -0.39 is 0 Å². The number of aryl methyl sites for hydroxylation is 1. The van der Waals surface area contributed by atoms with E-state index in [0.717, 1.165) is 41.2 Å². The van der Waals surface area contributed by atoms with Gasteiger partial charge in [-0.1, -0.05) is 11.3 Å². The zero-order chi connectivity index (χ0) is 17.9. The summed E-state index contributed by atoms with van der Waals surface area (Å²) in [5.74, 6) is 1.66. The van der Waals surface area contributed by atoms with E-state index in [4.69, 9.17) is 4.42 Å². The van der Waals surface area contributed by atoms with Gasteiger partial charge in [0.05, 0.1) is 12.5 Å². The largest absolute Gasteiger partial charge is 0.465 e. The Bertz CT molecular complexity index is 870. The number of hydrogen-bond acceptors (Lipinski definition) is 6. The molecule has 1 saturated heterocycles. The minimum absolute atomic E-state index is 0.0428. The zero-order valence-electron chi connectivity index (χ0n) is 14.6. The Labute approximate surface area is 155 Å². The second kappa shape index (κ2) is 7.33. The Morgan fingerprint density at radius 2 is 2.12 bits per heavy atom. The molecule has 7 nitrogen and oxygen atoms in total. The van der Waals surface area contributed by atoms with Gasteiger partial charge in [0.1, 0.15) is 11.5 Å². The van der Waals surface area contributed by atoms with E-state index in [1.54, 1.807) is 11.3 Å². The summed E-state index contributed by atoms with van der Waals surface area (Å²) in [5, 5.41) is 13.3. The Morgan fingerprint density at radius 3 is 2.88 bits per heavy atom. The summed E-state index contributed by atoms with van der Waals surface area (Å²) in [7, 11) is 0. The van der Waals surface area contributed by atoms with Crippen LogP contribution in [0.25, 0.3) is 5.13 Å². The van der Waals surface area contributed by atoms with Crippen LogP contribution in [-0.4, -0.2) is 33.8 Å². The highest BCUT2D eigenvalue weighted by Crippen LogP contribution is 2.28. The molecule has 3 aromatic heterocycles. The van der Waals surface area contributed by atoms with Crippen molar-refractivity contribution in [2.75, 3.05) is 18.0 Å². The van der Waals surface area contributed by atoms with Gasteiger partial charge in [-0.15, -0.1) is 10.2 Å². The van der Waals surface area contributed by atoms with Gasteiger partial charge in [0, 0.05) is 25.5 Å². The van der Waals surface area contributed by atoms with E-state index in [1.807, 2.05) is 48.1 Å². The molecule has 1 amide bonds. The number of hydrogen-bond donors (Lipinski definition) is 1. The molecule has 0 bridgehead atoms. The predicted molar refractivity (Wildman–Crippen MR) is 99.5 cm³/mol. The van der Waals surface area contributed by atoms with Gasteiger partial charge in [-0.25, -0.2) is 0 Å². The van der Waals surface area contributed by atoms with Crippen molar-refractivity contribution in [3.63, 3.8) is 0 Å². The molecule has 0 aliphatic carbocycles. The highest BCUT2D eigenvalue weighted by atomic mass is 32.1. The van der Waals surface area contributed by atoms with E-state index in [1.165, 1.54) is 0 Å². The maximum atomic E-state index is 12.5. The van der Waals surface area contributed by atoms with Crippen molar-refractivity contribution in [1.82, 2.24) is 20.1 Å². The summed E-state index contributed by atoms with van der Waals surface area (Å²) >= 11 is 1.54. The number of anilines is 1. The number of amides is 1. The summed E-state index contributed by atoms with van der Waals surface area (Å²) in [6.07, 6.45) is 5.76. The van der Waals surface area contributed by atoms with Crippen molar-refractivity contribution >= 4 is 22.4 Å². The first kappa shape index (κ1) is 16.8. The molecule has 8 heteroatoms. The first-order valence-electron chi connectivity index (χ1n) is 8.74. The SMILES string of the molecule is Cc1ccc(CNC(=O)C2CCCN(c3nnc(-n4cccc4)s3)C2)o1. The number of carbonyl (C=O) groups is 1. The van der Waals surface area contributed by atoms with Crippen LogP contribution in [-0.2, 0) is 11.3 Å². The number of piperidine rings is 1. The molecule has 0 saturated carbocycles. The van der Waals surface area contributed by atoms with Crippen LogP contribution < -0.4 is 10.2 Å². The van der Waals surface area contributed by atoms with Crippen LogP contribution in [0.3, 0.4) is 0 Å². The Hall–Kier alpha value is -2.61. The minimum atomic E-state index is -0.0428. The number of carbonyl (C=O) groups excluding carboxylic acids is 1. The van der Waals surface area contributed by atoms with Gasteiger partial charge in [-0.3, -0.25) is 9.36 Å². The fourth-order valence-electron chi connectivity index (χ4n) is 3.17.